The van der Waals surface area contributed by atoms with Crippen LogP contribution in [0.15, 0.2) is 12.1 Å². The van der Waals surface area contributed by atoms with Crippen LogP contribution in [0.25, 0.3) is 5.69 Å². The third-order valence-corrected chi connectivity index (χ3v) is 2.51. The summed E-state index contributed by atoms with van der Waals surface area (Å²) in [4.78, 5) is 11.0. The van der Waals surface area contributed by atoms with E-state index in [1.165, 1.54) is 4.68 Å². The minimum Gasteiger partial charge on any atom is -0.475 e. The Morgan fingerprint density at radius 1 is 1.24 bits per heavy atom. The first kappa shape index (κ1) is 11.3. The monoisotopic (exact) mass is 232 g/mol. The summed E-state index contributed by atoms with van der Waals surface area (Å²) < 4.78 is 1.26. The zero-order chi connectivity index (χ0) is 12.6. The van der Waals surface area contributed by atoms with Gasteiger partial charge in [0.1, 0.15) is 0 Å². The molecule has 0 amide bonds. The Morgan fingerprint density at radius 2 is 1.82 bits per heavy atom. The molecule has 0 aliphatic carbocycles. The maximum atomic E-state index is 11.0. The van der Waals surface area contributed by atoms with Crippen molar-refractivity contribution in [2.45, 2.75) is 20.8 Å². The van der Waals surface area contributed by atoms with Gasteiger partial charge < -0.3 is 5.11 Å². The summed E-state index contributed by atoms with van der Waals surface area (Å²) in [5, 5.41) is 19.6. The number of rotatable bonds is 2. The van der Waals surface area contributed by atoms with Crippen molar-refractivity contribution in [3.63, 3.8) is 0 Å². The van der Waals surface area contributed by atoms with Gasteiger partial charge in [-0.05, 0) is 42.3 Å². The van der Waals surface area contributed by atoms with Gasteiger partial charge in [-0.25, -0.2) is 4.79 Å². The fraction of sp³-hybridized carbons (Fsp3) is 0.273. The molecule has 6 nitrogen and oxygen atoms in total. The van der Waals surface area contributed by atoms with Crippen molar-refractivity contribution in [1.82, 2.24) is 20.2 Å². The molecule has 1 heterocycles. The number of hydrogen-bond donors (Lipinski definition) is 1. The van der Waals surface area contributed by atoms with E-state index in [1.54, 1.807) is 0 Å². The zero-order valence-corrected chi connectivity index (χ0v) is 9.80. The highest BCUT2D eigenvalue weighted by molar-refractivity contribution is 5.84. The van der Waals surface area contributed by atoms with Crippen LogP contribution >= 0.6 is 0 Å². The largest absolute Gasteiger partial charge is 0.475 e. The van der Waals surface area contributed by atoms with E-state index in [4.69, 9.17) is 5.11 Å². The predicted molar refractivity (Wildman–Crippen MR) is 60.3 cm³/mol. The van der Waals surface area contributed by atoms with Crippen LogP contribution in [0.5, 0.6) is 0 Å². The molecule has 0 bridgehead atoms. The van der Waals surface area contributed by atoms with Gasteiger partial charge in [0.05, 0.1) is 5.69 Å². The van der Waals surface area contributed by atoms with Crippen molar-refractivity contribution < 1.29 is 9.90 Å². The van der Waals surface area contributed by atoms with E-state index in [1.807, 2.05) is 32.9 Å². The van der Waals surface area contributed by atoms with Crippen LogP contribution in [0, 0.1) is 20.8 Å². The number of aromatic nitrogens is 4. The molecule has 6 heteroatoms. The highest BCUT2D eigenvalue weighted by Crippen LogP contribution is 2.20. The number of nitrogens with zero attached hydrogens (tertiary/aromatic N) is 4. The van der Waals surface area contributed by atoms with Crippen LogP contribution in [-0.2, 0) is 0 Å². The first-order valence-electron chi connectivity index (χ1n) is 5.10. The summed E-state index contributed by atoms with van der Waals surface area (Å²) in [6, 6.07) is 3.94. The van der Waals surface area contributed by atoms with Crippen LogP contribution in [0.3, 0.4) is 0 Å². The minimum absolute atomic E-state index is 0.181. The van der Waals surface area contributed by atoms with Crippen LogP contribution in [-0.4, -0.2) is 31.3 Å². The topological polar surface area (TPSA) is 80.9 Å². The fourth-order valence-corrected chi connectivity index (χ4v) is 1.98. The Morgan fingerprint density at radius 3 is 2.35 bits per heavy atom. The summed E-state index contributed by atoms with van der Waals surface area (Å²) in [5.41, 5.74) is 3.72. The molecule has 1 aromatic carbocycles. The lowest BCUT2D eigenvalue weighted by molar-refractivity contribution is 0.0680. The molecule has 0 unspecified atom stereocenters. The molecule has 17 heavy (non-hydrogen) atoms. The number of hydrogen-bond acceptors (Lipinski definition) is 4. The Labute approximate surface area is 97.9 Å². The molecule has 1 aromatic heterocycles. The Hall–Kier alpha value is -2.24. The first-order chi connectivity index (χ1) is 8.00. The number of tetrazole rings is 1. The molecule has 0 radical (unpaired) electrons. The second kappa shape index (κ2) is 3.97. The van der Waals surface area contributed by atoms with E-state index in [0.717, 1.165) is 22.4 Å². The SMILES string of the molecule is Cc1cc(C)c(-n2nnnc2C(=O)O)c(C)c1. The van der Waals surface area contributed by atoms with Crippen molar-refractivity contribution in [1.29, 1.82) is 0 Å². The number of aromatic carboxylic acids is 1. The average molecular weight is 232 g/mol. The number of carboxylic acid groups (broad SMARTS) is 1. The van der Waals surface area contributed by atoms with Gasteiger partial charge in [0.25, 0.3) is 5.82 Å². The normalized spacial score (nSPS) is 10.5. The number of carbonyl (C=O) groups is 1. The summed E-state index contributed by atoms with van der Waals surface area (Å²) in [5.74, 6) is -1.32. The van der Waals surface area contributed by atoms with E-state index in [-0.39, 0.29) is 5.82 Å². The van der Waals surface area contributed by atoms with Gasteiger partial charge in [0.15, 0.2) is 0 Å². The third kappa shape index (κ3) is 1.89. The maximum absolute atomic E-state index is 11.0. The fourth-order valence-electron chi connectivity index (χ4n) is 1.98. The molecule has 0 aliphatic rings. The summed E-state index contributed by atoms with van der Waals surface area (Å²) >= 11 is 0. The van der Waals surface area contributed by atoms with Crippen LogP contribution in [0.1, 0.15) is 27.3 Å². The van der Waals surface area contributed by atoms with E-state index >= 15 is 0 Å². The van der Waals surface area contributed by atoms with Crippen molar-refractivity contribution in [3.8, 4) is 5.69 Å². The molecular weight excluding hydrogens is 220 g/mol. The van der Waals surface area contributed by atoms with E-state index in [2.05, 4.69) is 15.5 Å². The van der Waals surface area contributed by atoms with Gasteiger partial charge in [-0.3, -0.25) is 0 Å². The molecule has 0 saturated heterocycles. The molecule has 1 N–H and O–H groups in total. The molecular formula is C11H12N4O2. The number of aryl methyl sites for hydroxylation is 3. The van der Waals surface area contributed by atoms with Gasteiger partial charge in [0.2, 0.25) is 0 Å². The van der Waals surface area contributed by atoms with Gasteiger partial charge in [0, 0.05) is 0 Å². The van der Waals surface area contributed by atoms with Crippen LogP contribution in [0.4, 0.5) is 0 Å². The molecule has 2 rings (SSSR count). The van der Waals surface area contributed by atoms with E-state index < -0.39 is 5.97 Å². The Bertz CT molecular complexity index is 566. The molecule has 0 saturated carbocycles. The number of carboxylic acids is 1. The minimum atomic E-state index is -1.14. The standard InChI is InChI=1S/C11H12N4O2/c1-6-4-7(2)9(8(3)5-6)15-10(11(16)17)12-13-14-15/h4-5H,1-3H3,(H,16,17). The lowest BCUT2D eigenvalue weighted by Crippen LogP contribution is -2.11. The number of benzene rings is 1. The average Bonchev–Trinajstić information content (AvgIpc) is 2.64. The zero-order valence-electron chi connectivity index (χ0n) is 9.80. The quantitative estimate of drug-likeness (QED) is 0.843. The second-order valence-electron chi connectivity index (χ2n) is 3.97. The first-order valence-corrected chi connectivity index (χ1v) is 5.10. The molecule has 0 aliphatic heterocycles. The van der Waals surface area contributed by atoms with E-state index in [9.17, 15) is 4.79 Å². The molecule has 0 fully saturated rings. The van der Waals surface area contributed by atoms with Crippen molar-refractivity contribution in [3.05, 3.63) is 34.6 Å². The molecule has 0 spiro atoms. The highest BCUT2D eigenvalue weighted by atomic mass is 16.4. The maximum Gasteiger partial charge on any atom is 0.376 e. The van der Waals surface area contributed by atoms with Gasteiger partial charge in [-0.1, -0.05) is 17.7 Å². The third-order valence-electron chi connectivity index (χ3n) is 2.51. The smallest absolute Gasteiger partial charge is 0.376 e. The van der Waals surface area contributed by atoms with Crippen LogP contribution in [0.2, 0.25) is 0 Å². The highest BCUT2D eigenvalue weighted by Gasteiger charge is 2.18. The lowest BCUT2D eigenvalue weighted by atomic mass is 10.1. The van der Waals surface area contributed by atoms with Gasteiger partial charge in [-0.2, -0.15) is 4.68 Å². The summed E-state index contributed by atoms with van der Waals surface area (Å²) in [6.45, 7) is 5.80. The van der Waals surface area contributed by atoms with E-state index in [0.29, 0.717) is 0 Å². The van der Waals surface area contributed by atoms with Crippen molar-refractivity contribution >= 4 is 5.97 Å². The van der Waals surface area contributed by atoms with Gasteiger partial charge >= 0.3 is 5.97 Å². The molecule has 88 valence electrons. The summed E-state index contributed by atoms with van der Waals surface area (Å²) in [6.07, 6.45) is 0. The molecule has 0 atom stereocenters. The Kier molecular flexibility index (Phi) is 2.63. The summed E-state index contributed by atoms with van der Waals surface area (Å²) in [7, 11) is 0. The van der Waals surface area contributed by atoms with Crippen LogP contribution < -0.4 is 0 Å². The van der Waals surface area contributed by atoms with Crippen molar-refractivity contribution in [2.24, 2.45) is 0 Å². The van der Waals surface area contributed by atoms with Gasteiger partial charge in [-0.15, -0.1) is 5.10 Å². The predicted octanol–water partition coefficient (Wildman–Crippen LogP) is 1.29. The van der Waals surface area contributed by atoms with Crippen molar-refractivity contribution in [2.75, 3.05) is 0 Å². The Balaban J connectivity index is 2.69. The second-order valence-corrected chi connectivity index (χ2v) is 3.97. The molecule has 2 aromatic rings. The lowest BCUT2D eigenvalue weighted by Gasteiger charge is -2.10.